The minimum atomic E-state index is -0.0306. The zero-order chi connectivity index (χ0) is 19.9. The number of anilines is 1. The number of morpholine rings is 1. The summed E-state index contributed by atoms with van der Waals surface area (Å²) in [6.45, 7) is 8.45. The van der Waals surface area contributed by atoms with Crippen LogP contribution >= 0.6 is 11.3 Å². The summed E-state index contributed by atoms with van der Waals surface area (Å²) in [4.78, 5) is 21.4. The molecule has 1 aliphatic rings. The van der Waals surface area contributed by atoms with Gasteiger partial charge >= 0.3 is 0 Å². The standard InChI is InChI=1S/C21H29N3O3S/c1-4-27-16(2)21-22-18(15-28-21)13-20(25)23(3)14-17-7-5-6-8-19(17)24-9-11-26-12-10-24/h5-8,15-16H,4,9-14H2,1-3H3. The van der Waals surface area contributed by atoms with Gasteiger partial charge in [0.2, 0.25) is 5.91 Å². The van der Waals surface area contributed by atoms with Crippen LogP contribution in [0, 0.1) is 0 Å². The number of nitrogens with zero attached hydrogens (tertiary/aromatic N) is 3. The van der Waals surface area contributed by atoms with E-state index < -0.39 is 0 Å². The number of ether oxygens (including phenoxy) is 2. The second kappa shape index (κ2) is 10.0. The number of hydrogen-bond acceptors (Lipinski definition) is 6. The fourth-order valence-corrected chi connectivity index (χ4v) is 4.13. The van der Waals surface area contributed by atoms with Gasteiger partial charge in [-0.3, -0.25) is 4.79 Å². The third-order valence-electron chi connectivity index (χ3n) is 4.84. The Balaban J connectivity index is 1.62. The van der Waals surface area contributed by atoms with E-state index in [0.29, 0.717) is 19.6 Å². The van der Waals surface area contributed by atoms with Crippen LogP contribution in [0.1, 0.15) is 36.2 Å². The van der Waals surface area contributed by atoms with Gasteiger partial charge in [-0.25, -0.2) is 4.98 Å². The Labute approximate surface area is 171 Å². The Morgan fingerprint density at radius 3 is 2.86 bits per heavy atom. The van der Waals surface area contributed by atoms with Crippen LogP contribution in [0.15, 0.2) is 29.6 Å². The first-order valence-corrected chi connectivity index (χ1v) is 10.7. The minimum Gasteiger partial charge on any atom is -0.378 e. The van der Waals surface area contributed by atoms with Gasteiger partial charge in [0, 0.05) is 44.4 Å². The lowest BCUT2D eigenvalue weighted by Crippen LogP contribution is -2.37. The maximum Gasteiger partial charge on any atom is 0.228 e. The van der Waals surface area contributed by atoms with Crippen molar-refractivity contribution in [2.45, 2.75) is 32.9 Å². The maximum atomic E-state index is 12.7. The number of para-hydroxylation sites is 1. The van der Waals surface area contributed by atoms with E-state index >= 15 is 0 Å². The first-order chi connectivity index (χ1) is 13.6. The van der Waals surface area contributed by atoms with E-state index in [9.17, 15) is 4.79 Å². The quantitative estimate of drug-likeness (QED) is 0.677. The fraction of sp³-hybridized carbons (Fsp3) is 0.524. The SMILES string of the molecule is CCOC(C)c1nc(CC(=O)N(C)Cc2ccccc2N2CCOCC2)cs1. The molecule has 2 heterocycles. The Hall–Kier alpha value is -1.96. The van der Waals surface area contributed by atoms with Crippen molar-refractivity contribution in [1.29, 1.82) is 0 Å². The Kier molecular flexibility index (Phi) is 7.42. The van der Waals surface area contributed by atoms with E-state index in [1.807, 2.05) is 38.4 Å². The molecule has 0 spiro atoms. The average molecular weight is 404 g/mol. The number of benzene rings is 1. The molecule has 2 aromatic rings. The lowest BCUT2D eigenvalue weighted by molar-refractivity contribution is -0.129. The van der Waals surface area contributed by atoms with Crippen molar-refractivity contribution in [3.8, 4) is 0 Å². The number of hydrogen-bond donors (Lipinski definition) is 0. The molecule has 0 N–H and O–H groups in total. The van der Waals surface area contributed by atoms with Crippen molar-refractivity contribution in [3.05, 3.63) is 45.9 Å². The van der Waals surface area contributed by atoms with Crippen LogP contribution in [0.2, 0.25) is 0 Å². The minimum absolute atomic E-state index is 0.0306. The summed E-state index contributed by atoms with van der Waals surface area (Å²) >= 11 is 1.55. The van der Waals surface area contributed by atoms with Gasteiger partial charge in [-0.2, -0.15) is 0 Å². The van der Waals surface area contributed by atoms with E-state index in [1.54, 1.807) is 16.2 Å². The van der Waals surface area contributed by atoms with Gasteiger partial charge in [-0.15, -0.1) is 11.3 Å². The molecule has 28 heavy (non-hydrogen) atoms. The predicted octanol–water partition coefficient (Wildman–Crippen LogP) is 3.28. The van der Waals surface area contributed by atoms with Gasteiger partial charge in [0.1, 0.15) is 11.1 Å². The second-order valence-corrected chi connectivity index (χ2v) is 7.82. The van der Waals surface area contributed by atoms with Crippen LogP contribution in [0.5, 0.6) is 0 Å². The molecule has 1 amide bonds. The number of rotatable bonds is 8. The first-order valence-electron chi connectivity index (χ1n) is 9.79. The van der Waals surface area contributed by atoms with Gasteiger partial charge in [0.25, 0.3) is 0 Å². The van der Waals surface area contributed by atoms with Gasteiger partial charge in [0.15, 0.2) is 0 Å². The van der Waals surface area contributed by atoms with Crippen LogP contribution in [0.3, 0.4) is 0 Å². The Morgan fingerprint density at radius 2 is 2.11 bits per heavy atom. The van der Waals surface area contributed by atoms with Crippen molar-refractivity contribution < 1.29 is 14.3 Å². The predicted molar refractivity (Wildman–Crippen MR) is 112 cm³/mol. The normalized spacial score (nSPS) is 15.5. The van der Waals surface area contributed by atoms with Crippen LogP contribution in [-0.2, 0) is 27.2 Å². The maximum absolute atomic E-state index is 12.7. The van der Waals surface area contributed by atoms with Gasteiger partial charge in [0.05, 0.1) is 25.3 Å². The highest BCUT2D eigenvalue weighted by atomic mass is 32.1. The molecule has 1 saturated heterocycles. The molecule has 1 unspecified atom stereocenters. The monoisotopic (exact) mass is 403 g/mol. The molecule has 7 heteroatoms. The molecule has 0 radical (unpaired) electrons. The number of carbonyl (C=O) groups excluding carboxylic acids is 1. The van der Waals surface area contributed by atoms with Crippen molar-refractivity contribution in [2.24, 2.45) is 0 Å². The summed E-state index contributed by atoms with van der Waals surface area (Å²) < 4.78 is 11.0. The third kappa shape index (κ3) is 5.31. The first kappa shape index (κ1) is 20.8. The molecule has 0 saturated carbocycles. The summed E-state index contributed by atoms with van der Waals surface area (Å²) in [5.74, 6) is 0.0673. The summed E-state index contributed by atoms with van der Waals surface area (Å²) in [5, 5.41) is 2.88. The average Bonchev–Trinajstić information content (AvgIpc) is 3.18. The number of thiazole rings is 1. The molecule has 152 valence electrons. The van der Waals surface area contributed by atoms with Crippen molar-refractivity contribution in [2.75, 3.05) is 44.9 Å². The molecule has 1 aromatic heterocycles. The smallest absolute Gasteiger partial charge is 0.228 e. The number of likely N-dealkylation sites (N-methyl/N-ethyl adjacent to an activating group) is 1. The van der Waals surface area contributed by atoms with E-state index in [-0.39, 0.29) is 12.0 Å². The lowest BCUT2D eigenvalue weighted by atomic mass is 10.1. The molecule has 6 nitrogen and oxygen atoms in total. The molecule has 1 atom stereocenters. The molecule has 3 rings (SSSR count). The molecule has 0 bridgehead atoms. The molecule has 1 fully saturated rings. The molecular formula is C21H29N3O3S. The van der Waals surface area contributed by atoms with Gasteiger partial charge in [-0.05, 0) is 25.5 Å². The fourth-order valence-electron chi connectivity index (χ4n) is 3.30. The van der Waals surface area contributed by atoms with Gasteiger partial charge < -0.3 is 19.3 Å². The summed E-state index contributed by atoms with van der Waals surface area (Å²) in [6.07, 6.45) is 0.281. The highest BCUT2D eigenvalue weighted by molar-refractivity contribution is 7.09. The van der Waals surface area contributed by atoms with Crippen LogP contribution in [-0.4, -0.2) is 55.7 Å². The van der Waals surface area contributed by atoms with Crippen LogP contribution < -0.4 is 4.90 Å². The zero-order valence-corrected chi connectivity index (χ0v) is 17.7. The summed E-state index contributed by atoms with van der Waals surface area (Å²) in [5.41, 5.74) is 3.15. The number of aromatic nitrogens is 1. The molecular weight excluding hydrogens is 374 g/mol. The zero-order valence-electron chi connectivity index (χ0n) is 16.9. The van der Waals surface area contributed by atoms with Crippen molar-refractivity contribution in [3.63, 3.8) is 0 Å². The van der Waals surface area contributed by atoms with Gasteiger partial charge in [-0.1, -0.05) is 18.2 Å². The molecule has 0 aliphatic carbocycles. The summed E-state index contributed by atoms with van der Waals surface area (Å²) in [7, 11) is 1.86. The van der Waals surface area contributed by atoms with E-state index in [0.717, 1.165) is 42.6 Å². The molecule has 1 aliphatic heterocycles. The second-order valence-electron chi connectivity index (χ2n) is 6.93. The van der Waals surface area contributed by atoms with Crippen LogP contribution in [0.4, 0.5) is 5.69 Å². The lowest BCUT2D eigenvalue weighted by Gasteiger charge is -2.31. The van der Waals surface area contributed by atoms with Crippen LogP contribution in [0.25, 0.3) is 0 Å². The van der Waals surface area contributed by atoms with Crippen molar-refractivity contribution in [1.82, 2.24) is 9.88 Å². The third-order valence-corrected chi connectivity index (χ3v) is 5.90. The Morgan fingerprint density at radius 1 is 1.36 bits per heavy atom. The van der Waals surface area contributed by atoms with Crippen molar-refractivity contribution >= 4 is 22.9 Å². The number of carbonyl (C=O) groups is 1. The highest BCUT2D eigenvalue weighted by Crippen LogP contribution is 2.24. The summed E-state index contributed by atoms with van der Waals surface area (Å²) in [6, 6.07) is 8.30. The van der Waals surface area contributed by atoms with E-state index in [2.05, 4.69) is 22.0 Å². The van der Waals surface area contributed by atoms with E-state index in [4.69, 9.17) is 9.47 Å². The number of amides is 1. The topological polar surface area (TPSA) is 54.9 Å². The molecule has 1 aromatic carbocycles. The Bertz CT molecular complexity index is 774. The largest absolute Gasteiger partial charge is 0.378 e. The van der Waals surface area contributed by atoms with E-state index in [1.165, 1.54) is 5.69 Å². The highest BCUT2D eigenvalue weighted by Gasteiger charge is 2.18.